The Morgan fingerprint density at radius 3 is 1.81 bits per heavy atom. The number of nitrogens with zero attached hydrogens (tertiary/aromatic N) is 2. The van der Waals surface area contributed by atoms with Crippen molar-refractivity contribution in [3.05, 3.63) is 167 Å². The Balaban J connectivity index is 1.49. The van der Waals surface area contributed by atoms with Gasteiger partial charge in [-0.05, 0) is 46.5 Å². The van der Waals surface area contributed by atoms with Crippen LogP contribution in [0.3, 0.4) is 0 Å². The van der Waals surface area contributed by atoms with Crippen molar-refractivity contribution in [2.75, 3.05) is 0 Å². The molecule has 0 bridgehead atoms. The van der Waals surface area contributed by atoms with Crippen molar-refractivity contribution in [2.24, 2.45) is 0 Å². The number of carbonyl (C=O) groups is 1. The zero-order valence-corrected chi connectivity index (χ0v) is 20.6. The Labute approximate surface area is 217 Å². The topological polar surface area (TPSA) is 25.2 Å². The highest BCUT2D eigenvalue weighted by molar-refractivity contribution is 5.87. The van der Waals surface area contributed by atoms with Crippen LogP contribution in [0.1, 0.15) is 33.9 Å². The Morgan fingerprint density at radius 2 is 1.22 bits per heavy atom. The summed E-state index contributed by atoms with van der Waals surface area (Å²) >= 11 is 0. The predicted octanol–water partition coefficient (Wildman–Crippen LogP) is 7.04. The molecule has 0 saturated heterocycles. The quantitative estimate of drug-likeness (QED) is 0.219. The predicted molar refractivity (Wildman–Crippen MR) is 145 cm³/mol. The normalized spacial score (nSPS) is 11.0. The monoisotopic (exact) mass is 488 g/mol. The molecule has 0 N–H and O–H groups in total. The second-order valence-corrected chi connectivity index (χ2v) is 9.19. The molecule has 0 aliphatic carbocycles. The maximum Gasteiger partial charge on any atom is 0.235 e. The van der Waals surface area contributed by atoms with Crippen LogP contribution in [0.25, 0.3) is 0 Å². The number of aromatic nitrogens is 1. The highest BCUT2D eigenvalue weighted by atomic mass is 19.1. The number of halogens is 1. The molecule has 0 fully saturated rings. The summed E-state index contributed by atoms with van der Waals surface area (Å²) in [6, 6.07) is 40.6. The van der Waals surface area contributed by atoms with Gasteiger partial charge in [-0.2, -0.15) is 0 Å². The fourth-order valence-corrected chi connectivity index (χ4v) is 4.70. The fraction of sp³-hybridized carbons (Fsp3) is 0.121. The highest BCUT2D eigenvalue weighted by Crippen LogP contribution is 2.28. The van der Waals surface area contributed by atoms with Gasteiger partial charge in [0.1, 0.15) is 5.82 Å². The first kappa shape index (κ1) is 24.3. The number of hydrogen-bond acceptors (Lipinski definition) is 1. The minimum atomic E-state index is -0.411. The van der Waals surface area contributed by atoms with Crippen LogP contribution in [0.5, 0.6) is 0 Å². The standard InChI is InChI=1S/C33H29FN2O/c34-30-20-18-27(19-21-30)23-35-22-10-17-31(35)25-36(24-26-11-4-1-5-12-26)33(37)32(28-13-6-2-7-14-28)29-15-8-3-9-16-29/h1-22,32H,23-25H2. The Bertz CT molecular complexity index is 1370. The van der Waals surface area contributed by atoms with E-state index in [0.29, 0.717) is 19.6 Å². The Hall–Kier alpha value is -4.44. The van der Waals surface area contributed by atoms with Gasteiger partial charge in [-0.1, -0.05) is 103 Å². The third-order valence-corrected chi connectivity index (χ3v) is 6.58. The van der Waals surface area contributed by atoms with Crippen molar-refractivity contribution in [2.45, 2.75) is 25.6 Å². The van der Waals surface area contributed by atoms with E-state index in [9.17, 15) is 9.18 Å². The molecule has 1 heterocycles. The van der Waals surface area contributed by atoms with Crippen molar-refractivity contribution in [3.8, 4) is 0 Å². The lowest BCUT2D eigenvalue weighted by Gasteiger charge is -2.29. The van der Waals surface area contributed by atoms with Gasteiger partial charge < -0.3 is 9.47 Å². The molecule has 0 spiro atoms. The maximum atomic E-state index is 14.4. The molecule has 37 heavy (non-hydrogen) atoms. The van der Waals surface area contributed by atoms with Gasteiger partial charge in [0.15, 0.2) is 0 Å². The SMILES string of the molecule is O=C(C(c1ccccc1)c1ccccc1)N(Cc1ccccc1)Cc1cccn1Cc1ccc(F)cc1. The second-order valence-electron chi connectivity index (χ2n) is 9.19. The number of hydrogen-bond donors (Lipinski definition) is 0. The van der Waals surface area contributed by atoms with Gasteiger partial charge in [0.25, 0.3) is 0 Å². The molecule has 4 heteroatoms. The van der Waals surface area contributed by atoms with Crippen molar-refractivity contribution in [3.63, 3.8) is 0 Å². The minimum Gasteiger partial charge on any atom is -0.345 e. The molecule has 0 aliphatic rings. The van der Waals surface area contributed by atoms with E-state index in [2.05, 4.69) is 22.8 Å². The van der Waals surface area contributed by atoms with E-state index >= 15 is 0 Å². The van der Waals surface area contributed by atoms with E-state index in [1.807, 2.05) is 96.0 Å². The Kier molecular flexibility index (Phi) is 7.56. The first-order valence-electron chi connectivity index (χ1n) is 12.5. The lowest BCUT2D eigenvalue weighted by Crippen LogP contribution is -2.35. The third kappa shape index (κ3) is 6.04. The number of benzene rings is 4. The largest absolute Gasteiger partial charge is 0.345 e. The molecule has 0 unspecified atom stereocenters. The summed E-state index contributed by atoms with van der Waals surface area (Å²) in [7, 11) is 0. The van der Waals surface area contributed by atoms with Crippen molar-refractivity contribution >= 4 is 5.91 Å². The van der Waals surface area contributed by atoms with E-state index in [0.717, 1.165) is 27.9 Å². The molecule has 1 amide bonds. The number of rotatable bonds is 9. The van der Waals surface area contributed by atoms with Crippen LogP contribution in [0, 0.1) is 5.82 Å². The molecule has 0 atom stereocenters. The summed E-state index contributed by atoms with van der Waals surface area (Å²) in [6.07, 6.45) is 2.01. The van der Waals surface area contributed by atoms with E-state index in [-0.39, 0.29) is 11.7 Å². The van der Waals surface area contributed by atoms with Gasteiger partial charge in [0.05, 0.1) is 12.5 Å². The molecule has 0 radical (unpaired) electrons. The van der Waals surface area contributed by atoms with Crippen LogP contribution in [0.2, 0.25) is 0 Å². The van der Waals surface area contributed by atoms with Crippen LogP contribution in [0.4, 0.5) is 4.39 Å². The molecule has 0 aliphatic heterocycles. The van der Waals surface area contributed by atoms with E-state index in [1.165, 1.54) is 12.1 Å². The first-order valence-corrected chi connectivity index (χ1v) is 12.5. The molecule has 3 nitrogen and oxygen atoms in total. The zero-order valence-electron chi connectivity index (χ0n) is 20.6. The fourth-order valence-electron chi connectivity index (χ4n) is 4.70. The van der Waals surface area contributed by atoms with Gasteiger partial charge in [0.2, 0.25) is 5.91 Å². The molecule has 5 rings (SSSR count). The molecular formula is C33H29FN2O. The maximum absolute atomic E-state index is 14.4. The first-order chi connectivity index (χ1) is 18.2. The third-order valence-electron chi connectivity index (χ3n) is 6.58. The zero-order chi connectivity index (χ0) is 25.5. The Morgan fingerprint density at radius 1 is 0.649 bits per heavy atom. The van der Waals surface area contributed by atoms with Crippen LogP contribution >= 0.6 is 0 Å². The summed E-state index contributed by atoms with van der Waals surface area (Å²) in [5, 5.41) is 0. The summed E-state index contributed by atoms with van der Waals surface area (Å²) in [5.41, 5.74) is 5.05. The molecular weight excluding hydrogens is 459 g/mol. The molecule has 1 aromatic heterocycles. The van der Waals surface area contributed by atoms with Gasteiger partial charge >= 0.3 is 0 Å². The summed E-state index contributed by atoms with van der Waals surface area (Å²) in [4.78, 5) is 16.3. The van der Waals surface area contributed by atoms with Crippen molar-refractivity contribution in [1.82, 2.24) is 9.47 Å². The van der Waals surface area contributed by atoms with Crippen LogP contribution < -0.4 is 0 Å². The molecule has 184 valence electrons. The van der Waals surface area contributed by atoms with Crippen molar-refractivity contribution in [1.29, 1.82) is 0 Å². The minimum absolute atomic E-state index is 0.0517. The summed E-state index contributed by atoms with van der Waals surface area (Å²) < 4.78 is 15.5. The number of carbonyl (C=O) groups excluding carboxylic acids is 1. The lowest BCUT2D eigenvalue weighted by molar-refractivity contribution is -0.133. The summed E-state index contributed by atoms with van der Waals surface area (Å²) in [6.45, 7) is 1.56. The second kappa shape index (κ2) is 11.5. The van der Waals surface area contributed by atoms with Gasteiger partial charge in [0, 0.05) is 25.0 Å². The van der Waals surface area contributed by atoms with Crippen molar-refractivity contribution < 1.29 is 9.18 Å². The molecule has 5 aromatic rings. The molecule has 4 aromatic carbocycles. The smallest absolute Gasteiger partial charge is 0.235 e. The van der Waals surface area contributed by atoms with E-state index in [1.54, 1.807) is 12.1 Å². The number of amides is 1. The lowest BCUT2D eigenvalue weighted by atomic mass is 9.89. The summed E-state index contributed by atoms with van der Waals surface area (Å²) in [5.74, 6) is -0.605. The van der Waals surface area contributed by atoms with E-state index < -0.39 is 5.92 Å². The van der Waals surface area contributed by atoms with E-state index in [4.69, 9.17) is 0 Å². The van der Waals surface area contributed by atoms with Crippen LogP contribution in [-0.2, 0) is 24.4 Å². The average Bonchev–Trinajstić information content (AvgIpc) is 3.38. The van der Waals surface area contributed by atoms with Gasteiger partial charge in [-0.15, -0.1) is 0 Å². The molecule has 0 saturated carbocycles. The van der Waals surface area contributed by atoms with Gasteiger partial charge in [-0.25, -0.2) is 4.39 Å². The van der Waals surface area contributed by atoms with Crippen LogP contribution in [0.15, 0.2) is 134 Å². The van der Waals surface area contributed by atoms with Crippen LogP contribution in [-0.4, -0.2) is 15.4 Å². The van der Waals surface area contributed by atoms with Gasteiger partial charge in [-0.3, -0.25) is 4.79 Å². The average molecular weight is 489 g/mol. The highest BCUT2D eigenvalue weighted by Gasteiger charge is 2.28.